The molecule has 216 valence electrons. The van der Waals surface area contributed by atoms with E-state index in [0.717, 1.165) is 20.9 Å². The van der Waals surface area contributed by atoms with E-state index in [-0.39, 0.29) is 23.9 Å². The minimum absolute atomic E-state index is 0.159. The quantitative estimate of drug-likeness (QED) is 0.149. The molecular weight excluding hydrogens is 575 g/mol. The van der Waals surface area contributed by atoms with Crippen LogP contribution in [0.3, 0.4) is 0 Å². The molecule has 0 bridgehead atoms. The molecule has 0 spiro atoms. The Hall–Kier alpha value is -4.26. The average Bonchev–Trinajstić information content (AvgIpc) is 2.95. The molecule has 0 saturated carbocycles. The number of rotatable bonds is 10. The summed E-state index contributed by atoms with van der Waals surface area (Å²) in [6.45, 7) is 4.01. The lowest BCUT2D eigenvalue weighted by Gasteiger charge is -2.12. The normalized spacial score (nSPS) is 10.9. The van der Waals surface area contributed by atoms with Gasteiger partial charge in [-0.3, -0.25) is 0 Å². The second-order valence-corrected chi connectivity index (χ2v) is 12.4. The Bertz CT molecular complexity index is 1720. The third kappa shape index (κ3) is 9.13. The maximum Gasteiger partial charge on any atom is 0.344 e. The van der Waals surface area contributed by atoms with E-state index in [1.807, 2.05) is 43.3 Å². The van der Waals surface area contributed by atoms with Crippen molar-refractivity contribution in [1.82, 2.24) is 0 Å². The molecule has 6 nitrogen and oxygen atoms in total. The molecule has 0 fully saturated rings. The summed E-state index contributed by atoms with van der Waals surface area (Å²) >= 11 is 1.51. The highest BCUT2D eigenvalue weighted by molar-refractivity contribution is 7.99. The second kappa shape index (κ2) is 14.1. The Kier molecular flexibility index (Phi) is 10.3. The highest BCUT2D eigenvalue weighted by atomic mass is 32.2. The number of ether oxygens (including phenoxy) is 3. The van der Waals surface area contributed by atoms with Gasteiger partial charge in [-0.1, -0.05) is 35.7 Å². The van der Waals surface area contributed by atoms with E-state index >= 15 is 0 Å². The van der Waals surface area contributed by atoms with Crippen LogP contribution in [0.1, 0.15) is 29.2 Å². The molecular formula is C33H29FO6S2. The van der Waals surface area contributed by atoms with Crippen molar-refractivity contribution in [3.05, 3.63) is 113 Å². The lowest BCUT2D eigenvalue weighted by atomic mass is 10.1. The molecule has 0 aromatic heterocycles. The van der Waals surface area contributed by atoms with E-state index < -0.39 is 15.8 Å². The number of hydrogen-bond donors (Lipinski definition) is 0. The van der Waals surface area contributed by atoms with E-state index in [1.165, 1.54) is 30.2 Å². The van der Waals surface area contributed by atoms with Crippen molar-refractivity contribution in [2.75, 3.05) is 19.5 Å². The molecule has 4 rings (SSSR count). The van der Waals surface area contributed by atoms with Crippen molar-refractivity contribution in [3.8, 4) is 23.3 Å². The smallest absolute Gasteiger partial charge is 0.344 e. The zero-order chi connectivity index (χ0) is 30.1. The number of halogens is 1. The topological polar surface area (TPSA) is 78.9 Å². The minimum Gasteiger partial charge on any atom is -0.489 e. The summed E-state index contributed by atoms with van der Waals surface area (Å²) in [7, 11) is -3.28. The van der Waals surface area contributed by atoms with Gasteiger partial charge in [-0.2, -0.15) is 0 Å². The average molecular weight is 605 g/mol. The van der Waals surface area contributed by atoms with Crippen LogP contribution in [0.15, 0.2) is 99.6 Å². The van der Waals surface area contributed by atoms with E-state index in [1.54, 1.807) is 43.3 Å². The zero-order valence-corrected chi connectivity index (χ0v) is 25.0. The van der Waals surface area contributed by atoms with Gasteiger partial charge in [0, 0.05) is 27.2 Å². The Morgan fingerprint density at radius 2 is 1.57 bits per heavy atom. The van der Waals surface area contributed by atoms with Crippen LogP contribution < -0.4 is 9.47 Å². The van der Waals surface area contributed by atoms with Gasteiger partial charge in [-0.15, -0.1) is 0 Å². The molecule has 9 heteroatoms. The molecule has 42 heavy (non-hydrogen) atoms. The van der Waals surface area contributed by atoms with E-state index in [9.17, 15) is 17.6 Å². The summed E-state index contributed by atoms with van der Waals surface area (Å²) in [5.41, 5.74) is 3.06. The summed E-state index contributed by atoms with van der Waals surface area (Å²) in [5.74, 6) is 6.62. The zero-order valence-electron chi connectivity index (χ0n) is 23.3. The lowest BCUT2D eigenvalue weighted by Crippen LogP contribution is -2.14. The van der Waals surface area contributed by atoms with E-state index in [4.69, 9.17) is 14.2 Å². The van der Waals surface area contributed by atoms with Gasteiger partial charge < -0.3 is 14.2 Å². The van der Waals surface area contributed by atoms with Crippen LogP contribution in [-0.4, -0.2) is 33.9 Å². The van der Waals surface area contributed by atoms with Crippen molar-refractivity contribution in [3.63, 3.8) is 0 Å². The highest BCUT2D eigenvalue weighted by Crippen LogP contribution is 2.34. The molecule has 0 amide bonds. The molecule has 0 heterocycles. The van der Waals surface area contributed by atoms with Crippen LogP contribution in [0.5, 0.6) is 11.5 Å². The first kappa shape index (κ1) is 30.7. The molecule has 0 unspecified atom stereocenters. The third-order valence-electron chi connectivity index (χ3n) is 5.87. The maximum atomic E-state index is 13.3. The van der Waals surface area contributed by atoms with Crippen LogP contribution in [-0.2, 0) is 26.0 Å². The molecule has 0 aliphatic heterocycles. The number of carbonyl (C=O) groups excluding carboxylic acids is 1. The molecule has 4 aromatic rings. The molecule has 0 atom stereocenters. The first-order valence-electron chi connectivity index (χ1n) is 13.0. The Balaban J connectivity index is 1.55. The largest absolute Gasteiger partial charge is 0.489 e. The van der Waals surface area contributed by atoms with Crippen molar-refractivity contribution in [1.29, 1.82) is 0 Å². The number of benzene rings is 4. The molecule has 4 aromatic carbocycles. The highest BCUT2D eigenvalue weighted by Gasteiger charge is 2.10. The van der Waals surface area contributed by atoms with Crippen molar-refractivity contribution >= 4 is 27.6 Å². The predicted octanol–water partition coefficient (Wildman–Crippen LogP) is 6.61. The molecule has 0 aliphatic carbocycles. The van der Waals surface area contributed by atoms with Crippen LogP contribution >= 0.6 is 11.8 Å². The fourth-order valence-corrected chi connectivity index (χ4v) is 5.42. The van der Waals surface area contributed by atoms with Crippen LogP contribution in [0.4, 0.5) is 4.39 Å². The molecule has 0 radical (unpaired) electrons. The van der Waals surface area contributed by atoms with Gasteiger partial charge in [-0.05, 0) is 97.8 Å². The monoisotopic (exact) mass is 604 g/mol. The second-order valence-electron chi connectivity index (χ2n) is 9.28. The van der Waals surface area contributed by atoms with Crippen LogP contribution in [0, 0.1) is 24.6 Å². The van der Waals surface area contributed by atoms with Gasteiger partial charge in [0.25, 0.3) is 0 Å². The Labute approximate surface area is 249 Å². The summed E-state index contributed by atoms with van der Waals surface area (Å²) in [6.07, 6.45) is 1.17. The molecule has 0 aliphatic rings. The lowest BCUT2D eigenvalue weighted by molar-refractivity contribution is -0.145. The van der Waals surface area contributed by atoms with Gasteiger partial charge >= 0.3 is 5.97 Å². The van der Waals surface area contributed by atoms with Crippen LogP contribution in [0.2, 0.25) is 0 Å². The molecule has 0 saturated heterocycles. The van der Waals surface area contributed by atoms with Crippen LogP contribution in [0.25, 0.3) is 0 Å². The fourth-order valence-electron chi connectivity index (χ4n) is 3.79. The summed E-state index contributed by atoms with van der Waals surface area (Å²) in [5, 5.41) is 0. The Morgan fingerprint density at radius 3 is 2.24 bits per heavy atom. The number of aryl methyl sites for hydroxylation is 1. The number of sulfone groups is 1. The number of esters is 1. The molecule has 0 N–H and O–H groups in total. The first-order chi connectivity index (χ1) is 20.1. The standard InChI is InChI=1S/C33H29FO6S2/c1-4-38-33(35)22-40-32-16-13-29(17-23(32)2)41-30-19-26(6-5-24-7-11-27(34)12-8-24)18-28(20-30)39-21-25-9-14-31(15-10-25)42(3,36)37/h7-20H,4,21-22H2,1-3H3. The first-order valence-corrected chi connectivity index (χ1v) is 15.7. The van der Waals surface area contributed by atoms with Crippen molar-refractivity contribution in [2.24, 2.45) is 0 Å². The summed E-state index contributed by atoms with van der Waals surface area (Å²) < 4.78 is 53.4. The van der Waals surface area contributed by atoms with Crippen molar-refractivity contribution in [2.45, 2.75) is 35.1 Å². The van der Waals surface area contributed by atoms with Crippen molar-refractivity contribution < 1.29 is 31.8 Å². The minimum atomic E-state index is -3.28. The number of carbonyl (C=O) groups is 1. The van der Waals surface area contributed by atoms with E-state index in [0.29, 0.717) is 29.2 Å². The predicted molar refractivity (Wildman–Crippen MR) is 160 cm³/mol. The van der Waals surface area contributed by atoms with Gasteiger partial charge in [0.2, 0.25) is 0 Å². The maximum absolute atomic E-state index is 13.3. The number of hydrogen-bond acceptors (Lipinski definition) is 7. The Morgan fingerprint density at radius 1 is 0.857 bits per heavy atom. The van der Waals surface area contributed by atoms with Gasteiger partial charge in [0.1, 0.15) is 23.9 Å². The van der Waals surface area contributed by atoms with E-state index in [2.05, 4.69) is 11.8 Å². The van der Waals surface area contributed by atoms with Gasteiger partial charge in [0.15, 0.2) is 16.4 Å². The third-order valence-corrected chi connectivity index (χ3v) is 7.95. The summed E-state index contributed by atoms with van der Waals surface area (Å²) in [4.78, 5) is 13.7. The fraction of sp³-hybridized carbons (Fsp3) is 0.182. The van der Waals surface area contributed by atoms with Gasteiger partial charge in [0.05, 0.1) is 11.5 Å². The summed E-state index contributed by atoms with van der Waals surface area (Å²) in [6, 6.07) is 23.9. The van der Waals surface area contributed by atoms with Gasteiger partial charge in [-0.25, -0.2) is 17.6 Å². The SMILES string of the molecule is CCOC(=O)COc1ccc(Sc2cc(C#Cc3ccc(F)cc3)cc(OCc3ccc(S(C)(=O)=O)cc3)c2)cc1C.